The highest BCUT2D eigenvalue weighted by atomic mass is 16.2. The van der Waals surface area contributed by atoms with Gasteiger partial charge in [0.05, 0.1) is 0 Å². The van der Waals surface area contributed by atoms with E-state index in [1.54, 1.807) is 12.1 Å². The Morgan fingerprint density at radius 3 is 2.82 bits per heavy atom. The Morgan fingerprint density at radius 1 is 1.35 bits per heavy atom. The van der Waals surface area contributed by atoms with Crippen molar-refractivity contribution in [1.29, 1.82) is 0 Å². The molecule has 0 radical (unpaired) electrons. The molecule has 0 bridgehead atoms. The highest BCUT2D eigenvalue weighted by Gasteiger charge is 2.14. The first-order valence-corrected chi connectivity index (χ1v) is 6.16. The third kappa shape index (κ3) is 3.41. The summed E-state index contributed by atoms with van der Waals surface area (Å²) in [6.45, 7) is 2.23. The molecule has 1 aliphatic rings. The van der Waals surface area contributed by atoms with Crippen molar-refractivity contribution < 1.29 is 4.79 Å². The zero-order chi connectivity index (χ0) is 12.1. The molecule has 1 fully saturated rings. The second-order valence-electron chi connectivity index (χ2n) is 4.69. The molecule has 1 aliphatic carbocycles. The van der Waals surface area contributed by atoms with E-state index in [0.717, 1.165) is 18.6 Å². The van der Waals surface area contributed by atoms with Crippen molar-refractivity contribution in [2.24, 2.45) is 11.0 Å². The fraction of sp³-hybridized carbons (Fsp3) is 0.429. The third-order valence-corrected chi connectivity index (χ3v) is 3.10. The van der Waals surface area contributed by atoms with E-state index in [4.69, 9.17) is 0 Å². The van der Waals surface area contributed by atoms with Gasteiger partial charge in [-0.3, -0.25) is 4.79 Å². The smallest absolute Gasteiger partial charge is 0.267 e. The summed E-state index contributed by atoms with van der Waals surface area (Å²) in [4.78, 5) is 11.8. The molecule has 0 spiro atoms. The molecule has 3 nitrogen and oxygen atoms in total. The predicted octanol–water partition coefficient (Wildman–Crippen LogP) is 2.98. The van der Waals surface area contributed by atoms with E-state index in [1.807, 2.05) is 18.2 Å². The van der Waals surface area contributed by atoms with Gasteiger partial charge in [0.25, 0.3) is 5.91 Å². The summed E-state index contributed by atoms with van der Waals surface area (Å²) in [6.07, 6.45) is 4.47. The normalized spacial score (nSPS) is 22.4. The first kappa shape index (κ1) is 11.8. The molecule has 0 aromatic heterocycles. The van der Waals surface area contributed by atoms with Gasteiger partial charge in [-0.15, -0.1) is 0 Å². The molecule has 1 amide bonds. The van der Waals surface area contributed by atoms with E-state index >= 15 is 0 Å². The summed E-state index contributed by atoms with van der Waals surface area (Å²) in [5.41, 5.74) is 4.41. The Kier molecular flexibility index (Phi) is 3.91. The molecule has 2 rings (SSSR count). The number of nitrogens with one attached hydrogen (secondary N) is 1. The van der Waals surface area contributed by atoms with E-state index < -0.39 is 0 Å². The average molecular weight is 230 g/mol. The number of hydrogen-bond donors (Lipinski definition) is 1. The maximum Gasteiger partial charge on any atom is 0.271 e. The van der Waals surface area contributed by atoms with Crippen LogP contribution in [0.1, 0.15) is 43.0 Å². The summed E-state index contributed by atoms with van der Waals surface area (Å²) in [5, 5.41) is 4.23. The number of nitrogens with zero attached hydrogens (tertiary/aromatic N) is 1. The maximum atomic E-state index is 11.8. The van der Waals surface area contributed by atoms with Crippen LogP contribution in [0.4, 0.5) is 0 Å². The molecule has 1 saturated carbocycles. The molecule has 0 aliphatic heterocycles. The standard InChI is InChI=1S/C14H18N2O/c1-11-6-5-9-13(10-11)15-16-14(17)12-7-3-2-4-8-12/h2-4,7-8,11H,5-6,9-10H2,1H3,(H,16,17)/b15-13+. The lowest BCUT2D eigenvalue weighted by atomic mass is 9.89. The van der Waals surface area contributed by atoms with Crippen molar-refractivity contribution in [1.82, 2.24) is 5.43 Å². The van der Waals surface area contributed by atoms with Gasteiger partial charge >= 0.3 is 0 Å². The monoisotopic (exact) mass is 230 g/mol. The molecule has 17 heavy (non-hydrogen) atoms. The molecule has 1 N–H and O–H groups in total. The van der Waals surface area contributed by atoms with Gasteiger partial charge < -0.3 is 0 Å². The molecule has 1 aromatic carbocycles. The van der Waals surface area contributed by atoms with Gasteiger partial charge in [0.2, 0.25) is 0 Å². The minimum Gasteiger partial charge on any atom is -0.267 e. The van der Waals surface area contributed by atoms with Gasteiger partial charge in [-0.1, -0.05) is 25.1 Å². The fourth-order valence-electron chi connectivity index (χ4n) is 2.15. The van der Waals surface area contributed by atoms with Crippen LogP contribution in [0.3, 0.4) is 0 Å². The molecular formula is C14H18N2O. The van der Waals surface area contributed by atoms with Gasteiger partial charge in [0.1, 0.15) is 0 Å². The van der Waals surface area contributed by atoms with E-state index in [0.29, 0.717) is 11.5 Å². The number of amides is 1. The van der Waals surface area contributed by atoms with Crippen LogP contribution in [-0.2, 0) is 0 Å². The van der Waals surface area contributed by atoms with Crippen LogP contribution in [0.5, 0.6) is 0 Å². The van der Waals surface area contributed by atoms with Crippen LogP contribution in [0.2, 0.25) is 0 Å². The van der Waals surface area contributed by atoms with Gasteiger partial charge in [-0.25, -0.2) is 5.43 Å². The van der Waals surface area contributed by atoms with Crippen molar-refractivity contribution in [3.63, 3.8) is 0 Å². The van der Waals surface area contributed by atoms with Crippen LogP contribution in [-0.4, -0.2) is 11.6 Å². The van der Waals surface area contributed by atoms with Crippen molar-refractivity contribution in [3.05, 3.63) is 35.9 Å². The average Bonchev–Trinajstić information content (AvgIpc) is 2.37. The number of hydrogen-bond acceptors (Lipinski definition) is 2. The van der Waals surface area contributed by atoms with Crippen LogP contribution < -0.4 is 5.43 Å². The lowest BCUT2D eigenvalue weighted by molar-refractivity contribution is 0.0954. The van der Waals surface area contributed by atoms with Gasteiger partial charge in [0.15, 0.2) is 0 Å². The second-order valence-corrected chi connectivity index (χ2v) is 4.69. The Hall–Kier alpha value is -1.64. The zero-order valence-corrected chi connectivity index (χ0v) is 10.1. The van der Waals surface area contributed by atoms with E-state index in [2.05, 4.69) is 17.5 Å². The molecule has 3 heteroatoms. The van der Waals surface area contributed by atoms with Crippen molar-refractivity contribution in [3.8, 4) is 0 Å². The van der Waals surface area contributed by atoms with Crippen molar-refractivity contribution >= 4 is 11.6 Å². The third-order valence-electron chi connectivity index (χ3n) is 3.10. The van der Waals surface area contributed by atoms with E-state index in [9.17, 15) is 4.79 Å². The molecule has 0 saturated heterocycles. The van der Waals surface area contributed by atoms with Crippen LogP contribution in [0.25, 0.3) is 0 Å². The lowest BCUT2D eigenvalue weighted by Gasteiger charge is -2.18. The molecule has 1 atom stereocenters. The summed E-state index contributed by atoms with van der Waals surface area (Å²) < 4.78 is 0. The van der Waals surface area contributed by atoms with E-state index in [1.165, 1.54) is 12.8 Å². The highest BCUT2D eigenvalue weighted by Crippen LogP contribution is 2.20. The molecule has 90 valence electrons. The topological polar surface area (TPSA) is 41.5 Å². The Labute approximate surface area is 102 Å². The minimum atomic E-state index is -0.128. The number of carbonyl (C=O) groups excluding carboxylic acids is 1. The summed E-state index contributed by atoms with van der Waals surface area (Å²) in [6, 6.07) is 9.18. The quantitative estimate of drug-likeness (QED) is 0.780. The minimum absolute atomic E-state index is 0.128. The molecule has 0 heterocycles. The number of carbonyl (C=O) groups is 1. The lowest BCUT2D eigenvalue weighted by Crippen LogP contribution is -2.22. The summed E-state index contributed by atoms with van der Waals surface area (Å²) in [5.74, 6) is 0.562. The second kappa shape index (κ2) is 5.62. The van der Waals surface area contributed by atoms with Gasteiger partial charge in [-0.05, 0) is 43.7 Å². The molecular weight excluding hydrogens is 212 g/mol. The number of rotatable bonds is 2. The predicted molar refractivity (Wildman–Crippen MR) is 69.0 cm³/mol. The summed E-state index contributed by atoms with van der Waals surface area (Å²) in [7, 11) is 0. The Balaban J connectivity index is 1.93. The molecule has 1 aromatic rings. The first-order valence-electron chi connectivity index (χ1n) is 6.16. The van der Waals surface area contributed by atoms with Crippen LogP contribution in [0, 0.1) is 5.92 Å². The van der Waals surface area contributed by atoms with Crippen molar-refractivity contribution in [2.75, 3.05) is 0 Å². The molecule has 1 unspecified atom stereocenters. The first-order chi connectivity index (χ1) is 8.25. The van der Waals surface area contributed by atoms with E-state index in [-0.39, 0.29) is 5.91 Å². The maximum absolute atomic E-state index is 11.8. The number of hydrazone groups is 1. The van der Waals surface area contributed by atoms with Crippen molar-refractivity contribution in [2.45, 2.75) is 32.6 Å². The Bertz CT molecular complexity index is 411. The summed E-state index contributed by atoms with van der Waals surface area (Å²) >= 11 is 0. The number of benzene rings is 1. The van der Waals surface area contributed by atoms with Crippen LogP contribution in [0.15, 0.2) is 35.4 Å². The van der Waals surface area contributed by atoms with Gasteiger partial charge in [-0.2, -0.15) is 5.10 Å². The SMILES string of the molecule is CC1CCC/C(=N\NC(=O)c2ccccc2)C1. The fourth-order valence-corrected chi connectivity index (χ4v) is 2.15. The van der Waals surface area contributed by atoms with Crippen LogP contribution >= 0.6 is 0 Å². The highest BCUT2D eigenvalue weighted by molar-refractivity contribution is 5.95. The largest absolute Gasteiger partial charge is 0.271 e. The zero-order valence-electron chi connectivity index (χ0n) is 10.1. The van der Waals surface area contributed by atoms with Gasteiger partial charge in [0, 0.05) is 11.3 Å². The Morgan fingerprint density at radius 2 is 2.12 bits per heavy atom.